The monoisotopic (exact) mass is 356 g/mol. The zero-order valence-corrected chi connectivity index (χ0v) is 12.1. The molecule has 0 spiro atoms. The first kappa shape index (κ1) is 13.3. The van der Waals surface area contributed by atoms with Crippen LogP contribution in [0.25, 0.3) is 0 Å². The molecule has 0 saturated heterocycles. The molecule has 0 radical (unpaired) electrons. The Hall–Kier alpha value is -1.17. The van der Waals surface area contributed by atoms with Gasteiger partial charge in [0.05, 0.1) is 5.56 Å². The number of hydrogen-bond donors (Lipinski definition) is 0. The summed E-state index contributed by atoms with van der Waals surface area (Å²) < 4.78 is 6.32. The number of rotatable bonds is 2. The Labute approximate surface area is 119 Å². The second-order valence-electron chi connectivity index (χ2n) is 4.49. The fourth-order valence-corrected chi connectivity index (χ4v) is 2.25. The summed E-state index contributed by atoms with van der Waals surface area (Å²) >= 11 is 2.17. The van der Waals surface area contributed by atoms with E-state index in [2.05, 4.69) is 22.6 Å². The highest BCUT2D eigenvalue weighted by Crippen LogP contribution is 2.23. The van der Waals surface area contributed by atoms with E-state index in [1.54, 1.807) is 12.1 Å². The minimum absolute atomic E-state index is 0.0270. The van der Waals surface area contributed by atoms with Crippen LogP contribution < -0.4 is 0 Å². The number of ether oxygens (including phenoxy) is 1. The van der Waals surface area contributed by atoms with Gasteiger partial charge in [-0.1, -0.05) is 6.92 Å². The zero-order chi connectivity index (χ0) is 13.1. The molecule has 0 heterocycles. The molecule has 0 fully saturated rings. The van der Waals surface area contributed by atoms with Crippen LogP contribution in [0.5, 0.6) is 0 Å². The van der Waals surface area contributed by atoms with E-state index in [0.717, 1.165) is 3.57 Å². The van der Waals surface area contributed by atoms with Gasteiger partial charge in [0.1, 0.15) is 5.76 Å². The van der Waals surface area contributed by atoms with Crippen molar-refractivity contribution in [2.75, 3.05) is 0 Å². The van der Waals surface area contributed by atoms with E-state index in [-0.39, 0.29) is 11.7 Å². The van der Waals surface area contributed by atoms with Crippen LogP contribution >= 0.6 is 22.6 Å². The van der Waals surface area contributed by atoms with Crippen LogP contribution in [0.15, 0.2) is 36.1 Å². The van der Waals surface area contributed by atoms with Crippen molar-refractivity contribution in [1.29, 1.82) is 0 Å². The number of allylic oxidation sites excluding steroid dienone is 2. The number of benzene rings is 1. The van der Waals surface area contributed by atoms with E-state index in [1.165, 1.54) is 6.08 Å². The number of ketones is 1. The summed E-state index contributed by atoms with van der Waals surface area (Å²) in [5, 5.41) is 0. The molecule has 1 aromatic rings. The molecule has 3 nitrogen and oxygen atoms in total. The third-order valence-electron chi connectivity index (χ3n) is 2.72. The number of esters is 1. The third-order valence-corrected chi connectivity index (χ3v) is 3.44. The summed E-state index contributed by atoms with van der Waals surface area (Å²) in [5.74, 6) is 0.336. The number of hydrogen-bond acceptors (Lipinski definition) is 3. The van der Waals surface area contributed by atoms with Crippen LogP contribution in [0, 0.1) is 9.49 Å². The van der Waals surface area contributed by atoms with Gasteiger partial charge in [0, 0.05) is 22.5 Å². The van der Waals surface area contributed by atoms with E-state index >= 15 is 0 Å². The molecule has 0 N–H and O–H groups in total. The summed E-state index contributed by atoms with van der Waals surface area (Å²) in [6.45, 7) is 1.98. The van der Waals surface area contributed by atoms with Crippen LogP contribution in [-0.4, -0.2) is 11.8 Å². The van der Waals surface area contributed by atoms with Gasteiger partial charge in [-0.3, -0.25) is 4.79 Å². The molecule has 0 aliphatic heterocycles. The SMILES string of the molecule is C[C@H]1CC(=O)C=C(OC(=O)c2ccc(I)cc2)C1. The first-order chi connectivity index (χ1) is 8.54. The standard InChI is InChI=1S/C14H13IO3/c1-9-6-12(16)8-13(7-9)18-14(17)10-2-4-11(15)5-3-10/h2-5,8-9H,6-7H2,1H3/t9-/m0/s1. The Morgan fingerprint density at radius 2 is 1.94 bits per heavy atom. The van der Waals surface area contributed by atoms with Crippen LogP contribution in [-0.2, 0) is 9.53 Å². The Kier molecular flexibility index (Phi) is 4.16. The normalized spacial score (nSPS) is 19.3. The molecule has 18 heavy (non-hydrogen) atoms. The average Bonchev–Trinajstić information content (AvgIpc) is 2.28. The lowest BCUT2D eigenvalue weighted by molar-refractivity contribution is -0.116. The maximum absolute atomic E-state index is 11.9. The lowest BCUT2D eigenvalue weighted by Gasteiger charge is -2.17. The largest absolute Gasteiger partial charge is 0.427 e. The minimum atomic E-state index is -0.403. The van der Waals surface area contributed by atoms with Crippen molar-refractivity contribution < 1.29 is 14.3 Å². The number of carbonyl (C=O) groups excluding carboxylic acids is 2. The van der Waals surface area contributed by atoms with Gasteiger partial charge in [0.2, 0.25) is 0 Å². The molecule has 0 amide bonds. The average molecular weight is 356 g/mol. The summed E-state index contributed by atoms with van der Waals surface area (Å²) in [5.41, 5.74) is 0.502. The first-order valence-corrected chi connectivity index (χ1v) is 6.83. The van der Waals surface area contributed by atoms with Crippen molar-refractivity contribution in [2.45, 2.75) is 19.8 Å². The summed E-state index contributed by atoms with van der Waals surface area (Å²) in [4.78, 5) is 23.2. The van der Waals surface area contributed by atoms with E-state index in [1.807, 2.05) is 19.1 Å². The maximum Gasteiger partial charge on any atom is 0.343 e. The van der Waals surface area contributed by atoms with Crippen molar-refractivity contribution >= 4 is 34.3 Å². The molecule has 1 atom stereocenters. The fraction of sp³-hybridized carbons (Fsp3) is 0.286. The number of halogens is 1. The second kappa shape index (κ2) is 5.65. The van der Waals surface area contributed by atoms with Crippen LogP contribution in [0.3, 0.4) is 0 Å². The molecule has 2 rings (SSSR count). The molecule has 1 aliphatic carbocycles. The van der Waals surface area contributed by atoms with Crippen molar-refractivity contribution in [1.82, 2.24) is 0 Å². The molecule has 1 aliphatic rings. The summed E-state index contributed by atoms with van der Waals surface area (Å²) in [7, 11) is 0. The Morgan fingerprint density at radius 1 is 1.28 bits per heavy atom. The van der Waals surface area contributed by atoms with E-state index < -0.39 is 5.97 Å². The fourth-order valence-electron chi connectivity index (χ4n) is 1.89. The van der Waals surface area contributed by atoms with E-state index in [0.29, 0.717) is 24.2 Å². The molecular weight excluding hydrogens is 343 g/mol. The van der Waals surface area contributed by atoms with Crippen molar-refractivity contribution in [3.8, 4) is 0 Å². The predicted molar refractivity (Wildman–Crippen MR) is 76.1 cm³/mol. The smallest absolute Gasteiger partial charge is 0.343 e. The summed E-state index contributed by atoms with van der Waals surface area (Å²) in [6.07, 6.45) is 2.61. The molecule has 4 heteroatoms. The Morgan fingerprint density at radius 3 is 2.56 bits per heavy atom. The molecule has 94 valence electrons. The zero-order valence-electron chi connectivity index (χ0n) is 9.98. The van der Waals surface area contributed by atoms with Gasteiger partial charge < -0.3 is 4.74 Å². The maximum atomic E-state index is 11.9. The van der Waals surface area contributed by atoms with Crippen molar-refractivity contribution in [2.24, 2.45) is 5.92 Å². The van der Waals surface area contributed by atoms with Gasteiger partial charge in [-0.15, -0.1) is 0 Å². The van der Waals surface area contributed by atoms with Crippen molar-refractivity contribution in [3.63, 3.8) is 0 Å². The van der Waals surface area contributed by atoms with Gasteiger partial charge in [-0.05, 0) is 52.8 Å². The lowest BCUT2D eigenvalue weighted by Crippen LogP contribution is -2.15. The van der Waals surface area contributed by atoms with Gasteiger partial charge >= 0.3 is 5.97 Å². The van der Waals surface area contributed by atoms with Crippen LogP contribution in [0.4, 0.5) is 0 Å². The molecule has 0 aromatic heterocycles. The van der Waals surface area contributed by atoms with Gasteiger partial charge in [-0.25, -0.2) is 4.79 Å². The van der Waals surface area contributed by atoms with Crippen LogP contribution in [0.1, 0.15) is 30.1 Å². The summed E-state index contributed by atoms with van der Waals surface area (Å²) in [6, 6.07) is 7.14. The Bertz CT molecular complexity index is 502. The molecular formula is C14H13IO3. The molecule has 0 unspecified atom stereocenters. The highest BCUT2D eigenvalue weighted by Gasteiger charge is 2.20. The first-order valence-electron chi connectivity index (χ1n) is 5.76. The van der Waals surface area contributed by atoms with Gasteiger partial charge in [-0.2, -0.15) is 0 Å². The predicted octanol–water partition coefficient (Wildman–Crippen LogP) is 3.33. The molecule has 1 aromatic carbocycles. The third kappa shape index (κ3) is 3.41. The highest BCUT2D eigenvalue weighted by molar-refractivity contribution is 14.1. The number of carbonyl (C=O) groups is 2. The quantitative estimate of drug-likeness (QED) is 0.603. The highest BCUT2D eigenvalue weighted by atomic mass is 127. The molecule has 0 saturated carbocycles. The second-order valence-corrected chi connectivity index (χ2v) is 5.73. The minimum Gasteiger partial charge on any atom is -0.427 e. The van der Waals surface area contributed by atoms with Gasteiger partial charge in [0.25, 0.3) is 0 Å². The van der Waals surface area contributed by atoms with E-state index in [4.69, 9.17) is 4.74 Å². The van der Waals surface area contributed by atoms with Crippen LogP contribution in [0.2, 0.25) is 0 Å². The van der Waals surface area contributed by atoms with E-state index in [9.17, 15) is 9.59 Å². The Balaban J connectivity index is 2.07. The molecule has 0 bridgehead atoms. The van der Waals surface area contributed by atoms with Crippen molar-refractivity contribution in [3.05, 3.63) is 45.2 Å². The van der Waals surface area contributed by atoms with Gasteiger partial charge in [0.15, 0.2) is 5.78 Å². The topological polar surface area (TPSA) is 43.4 Å². The lowest BCUT2D eigenvalue weighted by atomic mass is 9.94.